The number of amidine groups is 1. The van der Waals surface area contributed by atoms with E-state index in [-0.39, 0.29) is 18.5 Å². The summed E-state index contributed by atoms with van der Waals surface area (Å²) in [6.07, 6.45) is 4.48. The highest BCUT2D eigenvalue weighted by Crippen LogP contribution is 2.44. The molecule has 0 spiro atoms. The number of ether oxygens (including phenoxy) is 2. The molecule has 170 valence electrons. The lowest BCUT2D eigenvalue weighted by Crippen LogP contribution is -2.38. The highest BCUT2D eigenvalue weighted by atomic mass is 32.2. The largest absolute Gasteiger partial charge is 0.454 e. The van der Waals surface area contributed by atoms with E-state index in [1.165, 1.54) is 0 Å². The molecule has 10 heteroatoms. The van der Waals surface area contributed by atoms with Gasteiger partial charge in [0.1, 0.15) is 16.9 Å². The van der Waals surface area contributed by atoms with Crippen LogP contribution in [0, 0.1) is 17.2 Å². The number of fused-ring (bicyclic) bond motifs is 1. The van der Waals surface area contributed by atoms with E-state index in [0.29, 0.717) is 18.2 Å². The number of thiazole rings is 1. The summed E-state index contributed by atoms with van der Waals surface area (Å²) in [5.41, 5.74) is 13.6. The first-order chi connectivity index (χ1) is 15.5. The van der Waals surface area contributed by atoms with Crippen LogP contribution in [0.5, 0.6) is 11.5 Å². The van der Waals surface area contributed by atoms with Crippen molar-refractivity contribution in [1.82, 2.24) is 4.98 Å². The normalized spacial score (nSPS) is 23.8. The lowest BCUT2D eigenvalue weighted by atomic mass is 9.82. The van der Waals surface area contributed by atoms with Gasteiger partial charge in [0.25, 0.3) is 0 Å². The first kappa shape index (κ1) is 22.8. The quantitative estimate of drug-likeness (QED) is 0.433. The zero-order valence-electron chi connectivity index (χ0n) is 18.2. The summed E-state index contributed by atoms with van der Waals surface area (Å²) < 4.78 is 11.2. The summed E-state index contributed by atoms with van der Waals surface area (Å²) in [5.74, 6) is 1.94. The van der Waals surface area contributed by atoms with Gasteiger partial charge in [-0.05, 0) is 49.8 Å². The van der Waals surface area contributed by atoms with Gasteiger partial charge in [-0.15, -0.1) is 11.3 Å². The van der Waals surface area contributed by atoms with E-state index in [1.807, 2.05) is 17.5 Å². The van der Waals surface area contributed by atoms with E-state index >= 15 is 0 Å². The monoisotopic (exact) mass is 472 g/mol. The second-order valence-electron chi connectivity index (χ2n) is 7.85. The average molecular weight is 473 g/mol. The standard InChI is InChI=1S/C22H28N6O2S2/c1-12-13(4-3-5-23)8-18(28-20(21(24)25)19(12)26-2)32-17-10-16-15(29-11-30-16)9-14(17)22-27-6-7-31-22/h6-7,9-10,12-13,20H,3-5,8,11,23H2,1-2H3,(H3,24,25). The molecule has 1 aromatic carbocycles. The van der Waals surface area contributed by atoms with Crippen molar-refractivity contribution in [3.8, 4) is 22.1 Å². The number of nitrogens with one attached hydrogen (secondary N) is 1. The van der Waals surface area contributed by atoms with Crippen molar-refractivity contribution in [3.63, 3.8) is 0 Å². The van der Waals surface area contributed by atoms with Crippen LogP contribution in [-0.4, -0.2) is 48.0 Å². The van der Waals surface area contributed by atoms with E-state index in [9.17, 15) is 0 Å². The minimum Gasteiger partial charge on any atom is -0.454 e. The Morgan fingerprint density at radius 2 is 2.12 bits per heavy atom. The molecule has 32 heavy (non-hydrogen) atoms. The van der Waals surface area contributed by atoms with E-state index < -0.39 is 6.04 Å². The van der Waals surface area contributed by atoms with Crippen molar-refractivity contribution in [2.24, 2.45) is 33.3 Å². The molecule has 0 fully saturated rings. The van der Waals surface area contributed by atoms with Gasteiger partial charge in [-0.1, -0.05) is 18.7 Å². The molecule has 0 bridgehead atoms. The molecule has 0 radical (unpaired) electrons. The maximum atomic E-state index is 8.16. The first-order valence-electron chi connectivity index (χ1n) is 10.6. The molecule has 2 aromatic rings. The fourth-order valence-corrected chi connectivity index (χ4v) is 6.04. The summed E-state index contributed by atoms with van der Waals surface area (Å²) in [7, 11) is 1.76. The van der Waals surface area contributed by atoms with Crippen LogP contribution in [0.3, 0.4) is 0 Å². The Hall–Kier alpha value is -2.43. The van der Waals surface area contributed by atoms with Gasteiger partial charge in [0.15, 0.2) is 11.5 Å². The lowest BCUT2D eigenvalue weighted by molar-refractivity contribution is 0.174. The Morgan fingerprint density at radius 1 is 1.34 bits per heavy atom. The van der Waals surface area contributed by atoms with Crippen LogP contribution in [0.1, 0.15) is 26.2 Å². The van der Waals surface area contributed by atoms with Crippen LogP contribution in [0.4, 0.5) is 0 Å². The Kier molecular flexibility index (Phi) is 7.12. The third kappa shape index (κ3) is 4.67. The number of aromatic nitrogens is 1. The van der Waals surface area contributed by atoms with Gasteiger partial charge < -0.3 is 20.9 Å². The molecule has 3 heterocycles. The van der Waals surface area contributed by atoms with Gasteiger partial charge in [-0.3, -0.25) is 15.4 Å². The topological polar surface area (TPSA) is 132 Å². The number of benzene rings is 1. The van der Waals surface area contributed by atoms with Gasteiger partial charge in [0, 0.05) is 34.8 Å². The van der Waals surface area contributed by atoms with Crippen molar-refractivity contribution in [2.45, 2.75) is 37.1 Å². The van der Waals surface area contributed by atoms with Crippen molar-refractivity contribution < 1.29 is 9.47 Å². The zero-order valence-corrected chi connectivity index (χ0v) is 19.8. The molecule has 2 aliphatic heterocycles. The predicted octanol–water partition coefficient (Wildman–Crippen LogP) is 3.80. The molecule has 3 atom stereocenters. The minimum atomic E-state index is -0.544. The molecular weight excluding hydrogens is 444 g/mol. The Bertz CT molecular complexity index is 1040. The number of rotatable bonds is 6. The third-order valence-corrected chi connectivity index (χ3v) is 7.73. The van der Waals surface area contributed by atoms with E-state index in [4.69, 9.17) is 31.3 Å². The summed E-state index contributed by atoms with van der Waals surface area (Å²) in [6.45, 7) is 3.02. The number of aliphatic imine (C=N–C) groups is 2. The second-order valence-corrected chi connectivity index (χ2v) is 9.86. The molecular formula is C22H28N6O2S2. The van der Waals surface area contributed by atoms with Gasteiger partial charge in [-0.2, -0.15) is 0 Å². The second kappa shape index (κ2) is 10.0. The maximum Gasteiger partial charge on any atom is 0.231 e. The third-order valence-electron chi connectivity index (χ3n) is 5.86. The minimum absolute atomic E-state index is 0.0147. The van der Waals surface area contributed by atoms with Crippen molar-refractivity contribution in [2.75, 3.05) is 20.4 Å². The summed E-state index contributed by atoms with van der Waals surface area (Å²) in [6, 6.07) is 3.43. The van der Waals surface area contributed by atoms with Crippen molar-refractivity contribution in [1.29, 1.82) is 5.41 Å². The van der Waals surface area contributed by atoms with Gasteiger partial charge in [-0.25, -0.2) is 4.98 Å². The SMILES string of the molecule is CN=C1C(C(=N)N)N=C(Sc2cc3c(cc2-c2nccs2)OCO3)CC(CCCN)C1C. The summed E-state index contributed by atoms with van der Waals surface area (Å²) in [4.78, 5) is 14.9. The molecule has 5 N–H and O–H groups in total. The van der Waals surface area contributed by atoms with E-state index in [1.54, 1.807) is 36.3 Å². The highest BCUT2D eigenvalue weighted by molar-refractivity contribution is 8.14. The molecule has 0 saturated carbocycles. The highest BCUT2D eigenvalue weighted by Gasteiger charge is 2.34. The maximum absolute atomic E-state index is 8.16. The van der Waals surface area contributed by atoms with Crippen LogP contribution in [0.2, 0.25) is 0 Å². The molecule has 2 aliphatic rings. The number of nitrogens with zero attached hydrogens (tertiary/aromatic N) is 3. The molecule has 0 amide bonds. The Balaban J connectivity index is 1.74. The molecule has 0 saturated heterocycles. The van der Waals surface area contributed by atoms with Crippen LogP contribution in [0.25, 0.3) is 10.6 Å². The summed E-state index contributed by atoms with van der Waals surface area (Å²) in [5, 5.41) is 11.9. The van der Waals surface area contributed by atoms with Crippen LogP contribution in [-0.2, 0) is 0 Å². The number of hydrogen-bond acceptors (Lipinski definition) is 9. The van der Waals surface area contributed by atoms with Gasteiger partial charge in [0.2, 0.25) is 6.79 Å². The van der Waals surface area contributed by atoms with Crippen LogP contribution < -0.4 is 20.9 Å². The van der Waals surface area contributed by atoms with E-state index in [0.717, 1.165) is 51.2 Å². The van der Waals surface area contributed by atoms with E-state index in [2.05, 4.69) is 16.9 Å². The molecule has 4 rings (SSSR count). The predicted molar refractivity (Wildman–Crippen MR) is 132 cm³/mol. The smallest absolute Gasteiger partial charge is 0.231 e. The summed E-state index contributed by atoms with van der Waals surface area (Å²) >= 11 is 3.16. The van der Waals surface area contributed by atoms with Crippen molar-refractivity contribution >= 4 is 39.7 Å². The fourth-order valence-electron chi connectivity index (χ4n) is 4.17. The lowest BCUT2D eigenvalue weighted by Gasteiger charge is -2.24. The average Bonchev–Trinajstić information content (AvgIpc) is 3.44. The van der Waals surface area contributed by atoms with Gasteiger partial charge in [0.05, 0.1) is 5.04 Å². The Labute approximate surface area is 196 Å². The first-order valence-corrected chi connectivity index (χ1v) is 12.3. The molecule has 3 unspecified atom stereocenters. The fraction of sp³-hybridized carbons (Fsp3) is 0.455. The van der Waals surface area contributed by atoms with Crippen LogP contribution in [0.15, 0.2) is 38.6 Å². The number of hydrogen-bond donors (Lipinski definition) is 3. The number of thioether (sulfide) groups is 1. The number of nitrogens with two attached hydrogens (primary N) is 2. The Morgan fingerprint density at radius 3 is 2.78 bits per heavy atom. The van der Waals surface area contributed by atoms with Gasteiger partial charge >= 0.3 is 0 Å². The molecule has 0 aliphatic carbocycles. The zero-order chi connectivity index (χ0) is 22.7. The molecule has 1 aromatic heterocycles. The molecule has 8 nitrogen and oxygen atoms in total. The van der Waals surface area contributed by atoms with Crippen molar-refractivity contribution in [3.05, 3.63) is 23.7 Å². The van der Waals surface area contributed by atoms with Crippen LogP contribution >= 0.6 is 23.1 Å².